The van der Waals surface area contributed by atoms with Gasteiger partial charge in [-0.1, -0.05) is 43.8 Å². The number of allylic oxidation sites excluding steroid dienone is 2. The third kappa shape index (κ3) is 11.5. The molecule has 82 valence electrons. The lowest BCUT2D eigenvalue weighted by Crippen LogP contribution is -1.81. The molecule has 0 amide bonds. The lowest BCUT2D eigenvalue weighted by Gasteiger charge is -2.01. The smallest absolute Gasteiger partial charge is 0.0326 e. The maximum Gasteiger partial charge on any atom is -0.0326 e. The molecule has 0 saturated carbocycles. The van der Waals surface area contributed by atoms with Gasteiger partial charge in [-0.15, -0.1) is 13.2 Å². The van der Waals surface area contributed by atoms with Crippen molar-refractivity contribution in [2.24, 2.45) is 0 Å². The van der Waals surface area contributed by atoms with Gasteiger partial charge >= 0.3 is 0 Å². The van der Waals surface area contributed by atoms with Gasteiger partial charge in [-0.3, -0.25) is 0 Å². The largest absolute Gasteiger partial charge is 0.103 e. The molecule has 0 heteroatoms. The fourth-order valence-electron chi connectivity index (χ4n) is 1.60. The maximum absolute atomic E-state index is 3.91. The quantitative estimate of drug-likeness (QED) is 0.329. The van der Waals surface area contributed by atoms with Crippen LogP contribution in [0.3, 0.4) is 0 Å². The summed E-state index contributed by atoms with van der Waals surface area (Å²) in [5.74, 6) is 0. The van der Waals surface area contributed by atoms with E-state index >= 15 is 0 Å². The van der Waals surface area contributed by atoms with Crippen LogP contribution >= 0.6 is 0 Å². The Labute approximate surface area is 90.1 Å². The first-order chi connectivity index (χ1) is 6.77. The maximum atomic E-state index is 3.91. The van der Waals surface area contributed by atoms with Gasteiger partial charge in [0.05, 0.1) is 0 Å². The minimum Gasteiger partial charge on any atom is -0.103 e. The summed E-state index contributed by atoms with van der Waals surface area (Å²) in [4.78, 5) is 0. The summed E-state index contributed by atoms with van der Waals surface area (Å²) in [6, 6.07) is 0. The van der Waals surface area contributed by atoms with Crippen molar-refractivity contribution in [2.75, 3.05) is 0 Å². The summed E-state index contributed by atoms with van der Waals surface area (Å²) in [6.07, 6.45) is 14.1. The Morgan fingerprint density at radius 3 is 1.93 bits per heavy atom. The number of hydrogen-bond donors (Lipinski definition) is 0. The molecular formula is C14H26. The van der Waals surface area contributed by atoms with Crippen LogP contribution in [0, 0.1) is 0 Å². The third-order valence-electron chi connectivity index (χ3n) is 2.51. The first-order valence-electron chi connectivity index (χ1n) is 6.02. The van der Waals surface area contributed by atoms with Crippen molar-refractivity contribution in [3.63, 3.8) is 0 Å². The summed E-state index contributed by atoms with van der Waals surface area (Å²) in [5, 5.41) is 0. The van der Waals surface area contributed by atoms with Gasteiger partial charge in [-0.05, 0) is 32.6 Å². The minimum absolute atomic E-state index is 1.19. The van der Waals surface area contributed by atoms with Crippen molar-refractivity contribution in [2.45, 2.75) is 64.7 Å². The Balaban J connectivity index is 2.92. The van der Waals surface area contributed by atoms with Crippen LogP contribution in [-0.4, -0.2) is 0 Å². The highest BCUT2D eigenvalue weighted by Gasteiger charge is 1.91. The van der Waals surface area contributed by atoms with Gasteiger partial charge in [0.15, 0.2) is 0 Å². The van der Waals surface area contributed by atoms with Crippen LogP contribution in [0.15, 0.2) is 24.8 Å². The molecule has 0 aromatic rings. The topological polar surface area (TPSA) is 0 Å². The standard InChI is InChI=1S/C14H26/c1-4-5-6-7-8-9-10-11-12-13-14(2)3/h4H,1-2,5-13H2,3H3. The van der Waals surface area contributed by atoms with Gasteiger partial charge < -0.3 is 0 Å². The second kappa shape index (κ2) is 10.6. The van der Waals surface area contributed by atoms with Crippen LogP contribution in [-0.2, 0) is 0 Å². The van der Waals surface area contributed by atoms with E-state index in [4.69, 9.17) is 0 Å². The van der Waals surface area contributed by atoms with E-state index in [0.717, 1.165) is 0 Å². The molecule has 14 heavy (non-hydrogen) atoms. The van der Waals surface area contributed by atoms with E-state index in [-0.39, 0.29) is 0 Å². The zero-order chi connectivity index (χ0) is 10.6. The highest BCUT2D eigenvalue weighted by Crippen LogP contribution is 2.11. The van der Waals surface area contributed by atoms with E-state index in [1.165, 1.54) is 63.4 Å². The number of rotatable bonds is 10. The second-order valence-electron chi connectivity index (χ2n) is 4.26. The molecule has 0 aromatic heterocycles. The lowest BCUT2D eigenvalue weighted by molar-refractivity contribution is 0.581. The van der Waals surface area contributed by atoms with E-state index in [9.17, 15) is 0 Å². The molecule has 0 radical (unpaired) electrons. The van der Waals surface area contributed by atoms with Crippen molar-refractivity contribution < 1.29 is 0 Å². The Bertz CT molecular complexity index is 144. The zero-order valence-electron chi connectivity index (χ0n) is 9.86. The summed E-state index contributed by atoms with van der Waals surface area (Å²) >= 11 is 0. The summed E-state index contributed by atoms with van der Waals surface area (Å²) < 4.78 is 0. The summed E-state index contributed by atoms with van der Waals surface area (Å²) in [6.45, 7) is 9.76. The second-order valence-corrected chi connectivity index (χ2v) is 4.26. The van der Waals surface area contributed by atoms with Crippen molar-refractivity contribution in [3.05, 3.63) is 24.8 Å². The Hall–Kier alpha value is -0.520. The molecule has 0 fully saturated rings. The average Bonchev–Trinajstić information content (AvgIpc) is 2.15. The molecule has 0 spiro atoms. The Kier molecular flexibility index (Phi) is 10.2. The highest BCUT2D eigenvalue weighted by atomic mass is 14.0. The van der Waals surface area contributed by atoms with Gasteiger partial charge in [-0.2, -0.15) is 0 Å². The van der Waals surface area contributed by atoms with Gasteiger partial charge in [0.2, 0.25) is 0 Å². The third-order valence-corrected chi connectivity index (χ3v) is 2.51. The molecule has 0 atom stereocenters. The van der Waals surface area contributed by atoms with Crippen molar-refractivity contribution in [1.29, 1.82) is 0 Å². The molecule has 0 N–H and O–H groups in total. The van der Waals surface area contributed by atoms with Gasteiger partial charge in [-0.25, -0.2) is 0 Å². The molecule has 0 rings (SSSR count). The summed E-state index contributed by atoms with van der Waals surface area (Å²) in [5.41, 5.74) is 1.33. The van der Waals surface area contributed by atoms with Crippen molar-refractivity contribution in [3.8, 4) is 0 Å². The zero-order valence-corrected chi connectivity index (χ0v) is 9.86. The molecule has 0 aliphatic carbocycles. The molecule has 0 heterocycles. The first kappa shape index (κ1) is 13.5. The summed E-state index contributed by atoms with van der Waals surface area (Å²) in [7, 11) is 0. The minimum atomic E-state index is 1.19. The van der Waals surface area contributed by atoms with Crippen LogP contribution in [0.1, 0.15) is 64.7 Å². The molecule has 0 saturated heterocycles. The SMILES string of the molecule is C=CCCCCCCCCCC(=C)C. The lowest BCUT2D eigenvalue weighted by atomic mass is 10.1. The highest BCUT2D eigenvalue weighted by molar-refractivity contribution is 4.86. The van der Waals surface area contributed by atoms with Crippen LogP contribution in [0.5, 0.6) is 0 Å². The number of hydrogen-bond acceptors (Lipinski definition) is 0. The molecule has 0 bridgehead atoms. The van der Waals surface area contributed by atoms with E-state index in [1.807, 2.05) is 6.08 Å². The molecule has 0 aliphatic rings. The molecule has 0 aliphatic heterocycles. The fourth-order valence-corrected chi connectivity index (χ4v) is 1.60. The van der Waals surface area contributed by atoms with Crippen molar-refractivity contribution >= 4 is 0 Å². The number of unbranched alkanes of at least 4 members (excludes halogenated alkanes) is 7. The normalized spacial score (nSPS) is 10.1. The van der Waals surface area contributed by atoms with Crippen LogP contribution < -0.4 is 0 Å². The molecule has 0 aromatic carbocycles. The van der Waals surface area contributed by atoms with Crippen LogP contribution in [0.2, 0.25) is 0 Å². The predicted octanol–water partition coefficient (Wildman–Crippen LogP) is 5.26. The Morgan fingerprint density at radius 1 is 0.929 bits per heavy atom. The van der Waals surface area contributed by atoms with Gasteiger partial charge in [0.1, 0.15) is 0 Å². The first-order valence-corrected chi connectivity index (χ1v) is 6.02. The van der Waals surface area contributed by atoms with Crippen molar-refractivity contribution in [1.82, 2.24) is 0 Å². The predicted molar refractivity (Wildman–Crippen MR) is 66.6 cm³/mol. The monoisotopic (exact) mass is 194 g/mol. The fraction of sp³-hybridized carbons (Fsp3) is 0.714. The van der Waals surface area contributed by atoms with E-state index in [2.05, 4.69) is 20.1 Å². The molecular weight excluding hydrogens is 168 g/mol. The van der Waals surface area contributed by atoms with Crippen LogP contribution in [0.4, 0.5) is 0 Å². The average molecular weight is 194 g/mol. The van der Waals surface area contributed by atoms with Gasteiger partial charge in [0, 0.05) is 0 Å². The van der Waals surface area contributed by atoms with Gasteiger partial charge in [0.25, 0.3) is 0 Å². The van der Waals surface area contributed by atoms with E-state index in [0.29, 0.717) is 0 Å². The van der Waals surface area contributed by atoms with Crippen LogP contribution in [0.25, 0.3) is 0 Å². The van der Waals surface area contributed by atoms with E-state index < -0.39 is 0 Å². The van der Waals surface area contributed by atoms with E-state index in [1.54, 1.807) is 0 Å². The molecule has 0 nitrogen and oxygen atoms in total. The molecule has 0 unspecified atom stereocenters. The Morgan fingerprint density at radius 2 is 1.43 bits per heavy atom.